The number of nitrogens with two attached hydrogens (primary N) is 1. The van der Waals surface area contributed by atoms with Gasteiger partial charge in [0.2, 0.25) is 0 Å². The van der Waals surface area contributed by atoms with Crippen molar-refractivity contribution >= 4 is 42.1 Å². The number of amides is 1. The van der Waals surface area contributed by atoms with E-state index in [2.05, 4.69) is 11.8 Å². The molecule has 1 aromatic carbocycles. The maximum Gasteiger partial charge on any atom is 0.257 e. The van der Waals surface area contributed by atoms with Crippen molar-refractivity contribution < 1.29 is 9.53 Å². The molecule has 3 rings (SSSR count). The molecule has 0 spiro atoms. The van der Waals surface area contributed by atoms with E-state index in [4.69, 9.17) is 10.5 Å². The Morgan fingerprint density at radius 1 is 1.35 bits per heavy atom. The minimum atomic E-state index is -0.355. The molecule has 130 valence electrons. The van der Waals surface area contributed by atoms with E-state index in [0.29, 0.717) is 13.2 Å². The fourth-order valence-corrected chi connectivity index (χ4v) is 3.19. The quantitative estimate of drug-likeness (QED) is 0.819. The minimum Gasteiger partial charge on any atom is -0.398 e. The molecular formula is C16H25Cl2N3O2. The van der Waals surface area contributed by atoms with Crippen molar-refractivity contribution in [1.29, 1.82) is 0 Å². The summed E-state index contributed by atoms with van der Waals surface area (Å²) in [5.74, 6) is 0.0692. The number of benzene rings is 1. The first-order chi connectivity index (χ1) is 10.2. The number of hydrogen-bond donors (Lipinski definition) is 1. The van der Waals surface area contributed by atoms with Crippen LogP contribution in [0.3, 0.4) is 0 Å². The first-order valence-electron chi connectivity index (χ1n) is 7.73. The number of carbonyl (C=O) groups is 1. The number of nitrogens with zero attached hydrogens (tertiary/aromatic N) is 2. The molecule has 1 fully saturated rings. The van der Waals surface area contributed by atoms with Gasteiger partial charge in [0.1, 0.15) is 6.10 Å². The molecule has 1 unspecified atom stereocenters. The highest BCUT2D eigenvalue weighted by molar-refractivity contribution is 5.98. The Morgan fingerprint density at radius 2 is 2.13 bits per heavy atom. The Labute approximate surface area is 150 Å². The van der Waals surface area contributed by atoms with E-state index in [1.807, 2.05) is 23.1 Å². The Morgan fingerprint density at radius 3 is 2.87 bits per heavy atom. The molecule has 2 heterocycles. The third-order valence-electron chi connectivity index (χ3n) is 4.43. The summed E-state index contributed by atoms with van der Waals surface area (Å²) in [7, 11) is 0. The smallest absolute Gasteiger partial charge is 0.257 e. The van der Waals surface area contributed by atoms with Gasteiger partial charge in [-0.15, -0.1) is 24.8 Å². The maximum absolute atomic E-state index is 12.8. The lowest BCUT2D eigenvalue weighted by Crippen LogP contribution is -2.52. The van der Waals surface area contributed by atoms with Crippen LogP contribution in [-0.2, 0) is 16.0 Å². The summed E-state index contributed by atoms with van der Waals surface area (Å²) in [6, 6.07) is 5.81. The standard InChI is InChI=1S/C16H23N3O2.2ClH/c1-2-18-9-10-21-15(11-18)16(20)19-8-4-5-12-13(17)6-3-7-14(12)19;;/h3,6-7,15H,2,4-5,8-11,17H2,1H3;2*1H. The third kappa shape index (κ3) is 4.10. The van der Waals surface area contributed by atoms with Crippen LogP contribution in [0.2, 0.25) is 0 Å². The second-order valence-electron chi connectivity index (χ2n) is 5.69. The molecule has 1 atom stereocenters. The van der Waals surface area contributed by atoms with Gasteiger partial charge in [-0.2, -0.15) is 0 Å². The zero-order valence-corrected chi connectivity index (χ0v) is 15.0. The highest BCUT2D eigenvalue weighted by Crippen LogP contribution is 2.32. The predicted molar refractivity (Wildman–Crippen MR) is 97.9 cm³/mol. The van der Waals surface area contributed by atoms with Crippen molar-refractivity contribution in [3.05, 3.63) is 23.8 Å². The number of halogens is 2. The summed E-state index contributed by atoms with van der Waals surface area (Å²) in [6.07, 6.45) is 1.54. The van der Waals surface area contributed by atoms with E-state index in [1.54, 1.807) is 0 Å². The Balaban J connectivity index is 0.00000132. The molecule has 23 heavy (non-hydrogen) atoms. The van der Waals surface area contributed by atoms with Crippen LogP contribution in [0.4, 0.5) is 11.4 Å². The zero-order valence-electron chi connectivity index (χ0n) is 13.4. The zero-order chi connectivity index (χ0) is 14.8. The molecule has 0 saturated carbocycles. The van der Waals surface area contributed by atoms with E-state index < -0.39 is 0 Å². The van der Waals surface area contributed by atoms with Crippen LogP contribution in [0.5, 0.6) is 0 Å². The van der Waals surface area contributed by atoms with E-state index >= 15 is 0 Å². The first kappa shape index (κ1) is 20.0. The van der Waals surface area contributed by atoms with Crippen molar-refractivity contribution in [3.63, 3.8) is 0 Å². The summed E-state index contributed by atoms with van der Waals surface area (Å²) in [6.45, 7) is 6.04. The Bertz CT molecular complexity index is 542. The SMILES string of the molecule is CCN1CCOC(C(=O)N2CCCc3c(N)cccc32)C1.Cl.Cl. The van der Waals surface area contributed by atoms with Gasteiger partial charge in [-0.1, -0.05) is 13.0 Å². The highest BCUT2D eigenvalue weighted by atomic mass is 35.5. The van der Waals surface area contributed by atoms with E-state index in [1.165, 1.54) is 0 Å². The van der Waals surface area contributed by atoms with Crippen LogP contribution in [0.1, 0.15) is 18.9 Å². The maximum atomic E-state index is 12.8. The van der Waals surface area contributed by atoms with Gasteiger partial charge < -0.3 is 15.4 Å². The lowest BCUT2D eigenvalue weighted by atomic mass is 9.99. The summed E-state index contributed by atoms with van der Waals surface area (Å²) in [5.41, 5.74) is 8.89. The third-order valence-corrected chi connectivity index (χ3v) is 4.43. The number of hydrogen-bond acceptors (Lipinski definition) is 4. The fraction of sp³-hybridized carbons (Fsp3) is 0.562. The van der Waals surface area contributed by atoms with Crippen molar-refractivity contribution in [2.75, 3.05) is 43.4 Å². The number of fused-ring (bicyclic) bond motifs is 1. The van der Waals surface area contributed by atoms with E-state index in [0.717, 1.165) is 49.4 Å². The topological polar surface area (TPSA) is 58.8 Å². The lowest BCUT2D eigenvalue weighted by Gasteiger charge is -2.36. The van der Waals surface area contributed by atoms with Crippen LogP contribution in [0.25, 0.3) is 0 Å². The van der Waals surface area contributed by atoms with Crippen LogP contribution in [0.15, 0.2) is 18.2 Å². The van der Waals surface area contributed by atoms with Crippen LogP contribution >= 0.6 is 24.8 Å². The average Bonchev–Trinajstić information content (AvgIpc) is 2.54. The largest absolute Gasteiger partial charge is 0.398 e. The number of anilines is 2. The Kier molecular flexibility index (Phi) is 7.61. The first-order valence-corrected chi connectivity index (χ1v) is 7.73. The molecule has 0 bridgehead atoms. The van der Waals surface area contributed by atoms with Gasteiger partial charge in [0.25, 0.3) is 5.91 Å². The summed E-state index contributed by atoms with van der Waals surface area (Å²) in [5, 5.41) is 0. The molecule has 1 aromatic rings. The van der Waals surface area contributed by atoms with Gasteiger partial charge in [0, 0.05) is 31.0 Å². The van der Waals surface area contributed by atoms with Crippen LogP contribution in [0, 0.1) is 0 Å². The number of morpholine rings is 1. The second kappa shape index (κ2) is 8.73. The predicted octanol–water partition coefficient (Wildman–Crippen LogP) is 2.11. The number of likely N-dealkylation sites (N-methyl/N-ethyl adjacent to an activating group) is 1. The highest BCUT2D eigenvalue weighted by Gasteiger charge is 2.32. The van der Waals surface area contributed by atoms with Crippen LogP contribution in [-0.4, -0.2) is 49.7 Å². The van der Waals surface area contributed by atoms with Gasteiger partial charge in [0.05, 0.1) is 6.61 Å². The molecule has 7 heteroatoms. The monoisotopic (exact) mass is 361 g/mol. The summed E-state index contributed by atoms with van der Waals surface area (Å²) < 4.78 is 5.71. The molecular weight excluding hydrogens is 337 g/mol. The number of ether oxygens (including phenoxy) is 1. The average molecular weight is 362 g/mol. The minimum absolute atomic E-state index is 0. The van der Waals surface area contributed by atoms with Crippen molar-refractivity contribution in [2.24, 2.45) is 0 Å². The number of nitrogen functional groups attached to an aromatic ring is 1. The van der Waals surface area contributed by atoms with E-state index in [-0.39, 0.29) is 36.8 Å². The van der Waals surface area contributed by atoms with E-state index in [9.17, 15) is 4.79 Å². The molecule has 0 radical (unpaired) electrons. The summed E-state index contributed by atoms with van der Waals surface area (Å²) in [4.78, 5) is 16.9. The Hall–Kier alpha value is -1.01. The number of rotatable bonds is 2. The molecule has 0 aromatic heterocycles. The van der Waals surface area contributed by atoms with Crippen molar-refractivity contribution in [3.8, 4) is 0 Å². The number of carbonyl (C=O) groups excluding carboxylic acids is 1. The normalized spacial score (nSPS) is 20.9. The van der Waals surface area contributed by atoms with Gasteiger partial charge in [-0.05, 0) is 37.1 Å². The van der Waals surface area contributed by atoms with Gasteiger partial charge in [-0.3, -0.25) is 9.69 Å². The van der Waals surface area contributed by atoms with Crippen LogP contribution < -0.4 is 10.6 Å². The molecule has 1 amide bonds. The van der Waals surface area contributed by atoms with Gasteiger partial charge in [0.15, 0.2) is 0 Å². The molecule has 2 aliphatic rings. The molecule has 5 nitrogen and oxygen atoms in total. The fourth-order valence-electron chi connectivity index (χ4n) is 3.19. The molecule has 2 aliphatic heterocycles. The van der Waals surface area contributed by atoms with Crippen molar-refractivity contribution in [1.82, 2.24) is 4.90 Å². The molecule has 1 saturated heterocycles. The lowest BCUT2D eigenvalue weighted by molar-refractivity contribution is -0.135. The molecule has 2 N–H and O–H groups in total. The summed E-state index contributed by atoms with van der Waals surface area (Å²) >= 11 is 0. The second-order valence-corrected chi connectivity index (χ2v) is 5.69. The van der Waals surface area contributed by atoms with Gasteiger partial charge in [-0.25, -0.2) is 0 Å². The molecule has 0 aliphatic carbocycles. The van der Waals surface area contributed by atoms with Gasteiger partial charge >= 0.3 is 0 Å². The van der Waals surface area contributed by atoms with Crippen molar-refractivity contribution in [2.45, 2.75) is 25.9 Å².